The van der Waals surface area contributed by atoms with Gasteiger partial charge in [0, 0.05) is 18.2 Å². The second kappa shape index (κ2) is 4.85. The second-order valence-corrected chi connectivity index (χ2v) is 6.67. The monoisotopic (exact) mass is 246 g/mol. The molecule has 0 unspecified atom stereocenters. The first-order chi connectivity index (χ1) is 6.90. The molecular formula is C9H14N2O2S2. The van der Waals surface area contributed by atoms with E-state index in [1.54, 1.807) is 6.20 Å². The van der Waals surface area contributed by atoms with E-state index in [2.05, 4.69) is 4.98 Å². The SMILES string of the molecule is Cc1ccnc(SCCS(C)(=O)=O)c1N. The van der Waals surface area contributed by atoms with Gasteiger partial charge in [-0.1, -0.05) is 0 Å². The van der Waals surface area contributed by atoms with Crippen molar-refractivity contribution in [3.8, 4) is 0 Å². The fourth-order valence-corrected chi connectivity index (χ4v) is 3.14. The van der Waals surface area contributed by atoms with Crippen LogP contribution in [0, 0.1) is 6.92 Å². The summed E-state index contributed by atoms with van der Waals surface area (Å²) < 4.78 is 21.8. The van der Waals surface area contributed by atoms with Crippen molar-refractivity contribution in [1.29, 1.82) is 0 Å². The third kappa shape index (κ3) is 4.09. The van der Waals surface area contributed by atoms with Gasteiger partial charge in [0.2, 0.25) is 0 Å². The highest BCUT2D eigenvalue weighted by molar-refractivity contribution is 8.00. The van der Waals surface area contributed by atoms with Gasteiger partial charge >= 0.3 is 0 Å². The first-order valence-corrected chi connectivity index (χ1v) is 7.46. The molecule has 0 aromatic carbocycles. The van der Waals surface area contributed by atoms with Crippen molar-refractivity contribution in [1.82, 2.24) is 4.98 Å². The number of nitrogen functional groups attached to an aromatic ring is 1. The van der Waals surface area contributed by atoms with Crippen molar-refractivity contribution < 1.29 is 8.42 Å². The van der Waals surface area contributed by atoms with E-state index in [-0.39, 0.29) is 5.75 Å². The molecule has 1 aromatic rings. The van der Waals surface area contributed by atoms with Gasteiger partial charge in [0.25, 0.3) is 0 Å². The van der Waals surface area contributed by atoms with Crippen molar-refractivity contribution in [2.24, 2.45) is 0 Å². The van der Waals surface area contributed by atoms with Crippen molar-refractivity contribution >= 4 is 27.3 Å². The molecule has 6 heteroatoms. The maximum atomic E-state index is 10.9. The van der Waals surface area contributed by atoms with Crippen LogP contribution in [-0.2, 0) is 9.84 Å². The lowest BCUT2D eigenvalue weighted by Gasteiger charge is -2.05. The summed E-state index contributed by atoms with van der Waals surface area (Å²) in [5.41, 5.74) is 7.40. The van der Waals surface area contributed by atoms with Gasteiger partial charge in [0.15, 0.2) is 0 Å². The fraction of sp³-hybridized carbons (Fsp3) is 0.444. The number of hydrogen-bond acceptors (Lipinski definition) is 5. The zero-order chi connectivity index (χ0) is 11.5. The molecule has 2 N–H and O–H groups in total. The molecular weight excluding hydrogens is 232 g/mol. The van der Waals surface area contributed by atoms with Crippen LogP contribution in [0.5, 0.6) is 0 Å². The molecule has 84 valence electrons. The number of pyridine rings is 1. The molecule has 0 saturated heterocycles. The molecule has 0 aliphatic heterocycles. The number of nitrogens with two attached hydrogens (primary N) is 1. The minimum Gasteiger partial charge on any atom is -0.396 e. The minimum atomic E-state index is -2.91. The number of thioether (sulfide) groups is 1. The average Bonchev–Trinajstić information content (AvgIpc) is 2.10. The van der Waals surface area contributed by atoms with E-state index in [4.69, 9.17) is 5.73 Å². The molecule has 0 atom stereocenters. The molecule has 0 amide bonds. The van der Waals surface area contributed by atoms with Gasteiger partial charge in [-0.3, -0.25) is 0 Å². The Hall–Kier alpha value is -0.750. The quantitative estimate of drug-likeness (QED) is 0.806. The number of anilines is 1. The molecule has 0 aliphatic rings. The topological polar surface area (TPSA) is 73.0 Å². The molecule has 4 nitrogen and oxygen atoms in total. The zero-order valence-electron chi connectivity index (χ0n) is 8.73. The van der Waals surface area contributed by atoms with Gasteiger partial charge in [0.05, 0.1) is 11.4 Å². The van der Waals surface area contributed by atoms with E-state index in [0.29, 0.717) is 16.5 Å². The third-order valence-electron chi connectivity index (χ3n) is 1.86. The van der Waals surface area contributed by atoms with Crippen LogP contribution in [0.3, 0.4) is 0 Å². The maximum Gasteiger partial charge on any atom is 0.148 e. The highest BCUT2D eigenvalue weighted by Crippen LogP contribution is 2.24. The lowest BCUT2D eigenvalue weighted by Crippen LogP contribution is -2.05. The number of aromatic nitrogens is 1. The van der Waals surface area contributed by atoms with Crippen LogP contribution in [-0.4, -0.2) is 31.2 Å². The van der Waals surface area contributed by atoms with Gasteiger partial charge in [-0.05, 0) is 18.6 Å². The minimum absolute atomic E-state index is 0.146. The smallest absolute Gasteiger partial charge is 0.148 e. The predicted molar refractivity (Wildman–Crippen MR) is 63.8 cm³/mol. The molecule has 0 bridgehead atoms. The van der Waals surface area contributed by atoms with Gasteiger partial charge in [-0.15, -0.1) is 11.8 Å². The van der Waals surface area contributed by atoms with Gasteiger partial charge in [-0.2, -0.15) is 0 Å². The number of rotatable bonds is 4. The predicted octanol–water partition coefficient (Wildman–Crippen LogP) is 1.11. The highest BCUT2D eigenvalue weighted by atomic mass is 32.2. The Morgan fingerprint density at radius 2 is 2.20 bits per heavy atom. The number of sulfone groups is 1. The van der Waals surface area contributed by atoms with Crippen LogP contribution in [0.25, 0.3) is 0 Å². The normalized spacial score (nSPS) is 11.6. The Bertz CT molecular complexity index is 443. The van der Waals surface area contributed by atoms with E-state index in [1.165, 1.54) is 18.0 Å². The largest absolute Gasteiger partial charge is 0.396 e. The second-order valence-electron chi connectivity index (χ2n) is 3.33. The Labute approximate surface area is 94.2 Å². The van der Waals surface area contributed by atoms with E-state index >= 15 is 0 Å². The van der Waals surface area contributed by atoms with Crippen molar-refractivity contribution in [3.05, 3.63) is 17.8 Å². The fourth-order valence-electron chi connectivity index (χ4n) is 0.949. The van der Waals surface area contributed by atoms with Crippen LogP contribution < -0.4 is 5.73 Å². The molecule has 1 heterocycles. The maximum absolute atomic E-state index is 10.9. The standard InChI is InChI=1S/C9H14N2O2S2/c1-7-3-4-11-9(8(7)10)14-5-6-15(2,12)13/h3-4H,5-6,10H2,1-2H3. The number of nitrogens with zero attached hydrogens (tertiary/aromatic N) is 1. The first kappa shape index (κ1) is 12.3. The number of aryl methyl sites for hydroxylation is 1. The van der Waals surface area contributed by atoms with Crippen LogP contribution >= 0.6 is 11.8 Å². The van der Waals surface area contributed by atoms with E-state index < -0.39 is 9.84 Å². The highest BCUT2D eigenvalue weighted by Gasteiger charge is 2.06. The van der Waals surface area contributed by atoms with Crippen molar-refractivity contribution in [2.45, 2.75) is 11.9 Å². The third-order valence-corrected chi connectivity index (χ3v) is 4.08. The van der Waals surface area contributed by atoms with Gasteiger partial charge in [0.1, 0.15) is 14.9 Å². The lowest BCUT2D eigenvalue weighted by atomic mass is 10.3. The Balaban J connectivity index is 2.62. The summed E-state index contributed by atoms with van der Waals surface area (Å²) in [5.74, 6) is 0.631. The summed E-state index contributed by atoms with van der Waals surface area (Å²) in [7, 11) is -2.91. The lowest BCUT2D eigenvalue weighted by molar-refractivity contribution is 0.603. The Morgan fingerprint density at radius 3 is 2.80 bits per heavy atom. The van der Waals surface area contributed by atoms with Crippen LogP contribution in [0.4, 0.5) is 5.69 Å². The molecule has 1 aromatic heterocycles. The van der Waals surface area contributed by atoms with Gasteiger partial charge < -0.3 is 5.73 Å². The molecule has 0 radical (unpaired) electrons. The molecule has 1 rings (SSSR count). The van der Waals surface area contributed by atoms with Gasteiger partial charge in [-0.25, -0.2) is 13.4 Å². The Morgan fingerprint density at radius 1 is 1.53 bits per heavy atom. The molecule has 0 saturated carbocycles. The summed E-state index contributed by atoms with van der Waals surface area (Å²) in [6.07, 6.45) is 2.90. The van der Waals surface area contributed by atoms with Crippen LogP contribution in [0.2, 0.25) is 0 Å². The summed E-state index contributed by atoms with van der Waals surface area (Å²) in [6.45, 7) is 1.90. The van der Waals surface area contributed by atoms with Crippen LogP contribution in [0.1, 0.15) is 5.56 Å². The zero-order valence-corrected chi connectivity index (χ0v) is 10.4. The molecule has 0 fully saturated rings. The number of hydrogen-bond donors (Lipinski definition) is 1. The molecule has 0 aliphatic carbocycles. The summed E-state index contributed by atoms with van der Waals surface area (Å²) in [4.78, 5) is 4.10. The molecule has 15 heavy (non-hydrogen) atoms. The van der Waals surface area contributed by atoms with Crippen LogP contribution in [0.15, 0.2) is 17.3 Å². The Kier molecular flexibility index (Phi) is 3.98. The average molecular weight is 246 g/mol. The summed E-state index contributed by atoms with van der Waals surface area (Å²) in [5, 5.41) is 0.707. The van der Waals surface area contributed by atoms with E-state index in [9.17, 15) is 8.42 Å². The van der Waals surface area contributed by atoms with E-state index in [1.807, 2.05) is 13.0 Å². The first-order valence-electron chi connectivity index (χ1n) is 4.42. The van der Waals surface area contributed by atoms with E-state index in [0.717, 1.165) is 5.56 Å². The van der Waals surface area contributed by atoms with Crippen molar-refractivity contribution in [3.63, 3.8) is 0 Å². The molecule has 0 spiro atoms. The summed E-state index contributed by atoms with van der Waals surface area (Å²) in [6, 6.07) is 1.83. The van der Waals surface area contributed by atoms with Crippen molar-refractivity contribution in [2.75, 3.05) is 23.5 Å². The summed E-state index contributed by atoms with van der Waals surface area (Å²) >= 11 is 1.37.